The van der Waals surface area contributed by atoms with E-state index in [2.05, 4.69) is 39.9 Å². The number of aromatic amines is 2. The molecule has 0 amide bonds. The van der Waals surface area contributed by atoms with E-state index in [4.69, 9.17) is 58.3 Å². The van der Waals surface area contributed by atoms with Crippen molar-refractivity contribution in [2.45, 2.75) is 112 Å². The van der Waals surface area contributed by atoms with Crippen LogP contribution in [0.1, 0.15) is 68.7 Å². The summed E-state index contributed by atoms with van der Waals surface area (Å²) in [5, 5.41) is 52.6. The van der Waals surface area contributed by atoms with Crippen LogP contribution < -0.4 is 61.5 Å². The van der Waals surface area contributed by atoms with Gasteiger partial charge in [-0.15, -0.1) is 0 Å². The third kappa shape index (κ3) is 15.7. The lowest BCUT2D eigenvalue weighted by atomic mass is 9.78. The van der Waals surface area contributed by atoms with Gasteiger partial charge in [-0.05, 0) is 44.6 Å². The summed E-state index contributed by atoms with van der Waals surface area (Å²) in [7, 11) is 0. The van der Waals surface area contributed by atoms with Crippen molar-refractivity contribution in [2.75, 3.05) is 62.6 Å². The number of nitrogens with two attached hydrogens (primary N) is 4. The van der Waals surface area contributed by atoms with Gasteiger partial charge in [0.25, 0.3) is 11.1 Å². The number of ether oxygens (including phenoxy) is 1. The molecular weight excluding hydrogens is 1290 g/mol. The predicted octanol–water partition coefficient (Wildman–Crippen LogP) is -0.836. The molecule has 6 unspecified atom stereocenters. The average Bonchev–Trinajstić information content (AvgIpc) is 1.73. The summed E-state index contributed by atoms with van der Waals surface area (Å²) < 4.78 is 130. The fourth-order valence-electron chi connectivity index (χ4n) is 11.0. The molecule has 95 heavy (non-hydrogen) atoms. The van der Waals surface area contributed by atoms with Crippen molar-refractivity contribution >= 4 is 34.4 Å². The van der Waals surface area contributed by atoms with Crippen LogP contribution in [0.25, 0.3) is 11.2 Å². The normalized spacial score (nSPS) is 29.0. The molecule has 13 rings (SSSR count). The second kappa shape index (κ2) is 31.0. The van der Waals surface area contributed by atoms with E-state index in [9.17, 15) is 68.3 Å². The number of nitrogens with zero attached hydrogens (tertiary/aromatic N) is 12. The lowest BCUT2D eigenvalue weighted by Crippen LogP contribution is -2.48. The number of anilines is 4. The number of aromatic nitrogens is 14. The molecule has 0 aliphatic heterocycles. The molecule has 0 radical (unpaired) electrons. The van der Waals surface area contributed by atoms with Gasteiger partial charge in [-0.2, -0.15) is 19.3 Å². The van der Waals surface area contributed by atoms with Gasteiger partial charge in [0.15, 0.2) is 34.7 Å². The van der Waals surface area contributed by atoms with E-state index in [1.165, 1.54) is 41.7 Å². The van der Waals surface area contributed by atoms with E-state index in [1.807, 2.05) is 0 Å². The third-order valence-corrected chi connectivity index (χ3v) is 17.3. The fraction of sp³-hybridized carbons (Fsp3) is 0.545. The molecule has 7 aromatic heterocycles. The predicted molar refractivity (Wildman–Crippen MR) is 315 cm³/mol. The Morgan fingerprint density at radius 2 is 0.926 bits per heavy atom. The zero-order chi connectivity index (χ0) is 69.4. The Kier molecular flexibility index (Phi) is 23.4. The van der Waals surface area contributed by atoms with E-state index in [0.29, 0.717) is 55.3 Å². The Hall–Kier alpha value is -9.12. The van der Waals surface area contributed by atoms with Gasteiger partial charge in [0.05, 0.1) is 48.9 Å². The fourth-order valence-corrected chi connectivity index (χ4v) is 11.0. The SMILES string of the molecule is Nc1ccn([C@@H]2C[C@H](CO)C2F)c(=O)n1.Nc1nc(=O)n([C@@H]2C[C@H](CO)C2F)cc1F.Nc1nc(O[C@@H]2C[C@H](CO)C2F)ncc1F.Nc1ncnc2c1ncn2[C@@H]1C[C@H](CO)C1F.O=c1[nH]c(=O)n([C@@H]2C[C@H](CO)C2F)cc1F.O=c1ccn([C@@H]2C[C@H](CO)C2F)c(=O)[nH]1. The maximum atomic E-state index is 13.8. The first-order valence-corrected chi connectivity index (χ1v) is 29.3. The summed E-state index contributed by atoms with van der Waals surface area (Å²) in [6.45, 7) is -1.32. The number of alkyl halides is 6. The van der Waals surface area contributed by atoms with Crippen molar-refractivity contribution in [3.05, 3.63) is 136 Å². The molecule has 6 aliphatic rings. The van der Waals surface area contributed by atoms with Crippen LogP contribution in [0.3, 0.4) is 0 Å². The van der Waals surface area contributed by atoms with Crippen LogP contribution >= 0.6 is 0 Å². The van der Waals surface area contributed by atoms with Crippen LogP contribution in [-0.4, -0.2) is 181 Å². The Bertz CT molecular complexity index is 4150. The highest BCUT2D eigenvalue weighted by atomic mass is 19.2. The number of nitrogen functional groups attached to an aromatic ring is 4. The Balaban J connectivity index is 0.000000146. The molecule has 6 saturated carbocycles. The topological polar surface area (TPSA) is 484 Å². The van der Waals surface area contributed by atoms with E-state index >= 15 is 0 Å². The minimum atomic E-state index is -1.40. The van der Waals surface area contributed by atoms with Gasteiger partial charge in [0.1, 0.15) is 60.8 Å². The van der Waals surface area contributed by atoms with Crippen molar-refractivity contribution in [3.63, 3.8) is 0 Å². The second-order valence-corrected chi connectivity index (χ2v) is 23.1. The van der Waals surface area contributed by atoms with Crippen molar-refractivity contribution in [2.24, 2.45) is 35.5 Å². The monoisotopic (exact) mass is 1360 g/mol. The van der Waals surface area contributed by atoms with Gasteiger partial charge >= 0.3 is 28.8 Å². The summed E-state index contributed by atoms with van der Waals surface area (Å²) in [5.74, 6) is -5.57. The first kappa shape index (κ1) is 71.7. The molecule has 31 nitrogen and oxygen atoms in total. The maximum absolute atomic E-state index is 13.8. The molecule has 0 aromatic carbocycles. The molecule has 0 bridgehead atoms. The zero-order valence-corrected chi connectivity index (χ0v) is 49.7. The highest BCUT2D eigenvalue weighted by molar-refractivity contribution is 5.81. The summed E-state index contributed by atoms with van der Waals surface area (Å²) in [5.41, 5.74) is 17.9. The quantitative estimate of drug-likeness (QED) is 0.0627. The number of H-pyrrole nitrogens is 2. The number of halogens is 9. The number of aliphatic hydroxyl groups excluding tert-OH is 6. The summed E-state index contributed by atoms with van der Waals surface area (Å²) in [6, 6.07) is -0.465. The number of nitrogens with one attached hydrogen (secondary N) is 2. The molecule has 7 aromatic rings. The van der Waals surface area contributed by atoms with Crippen molar-refractivity contribution in [1.29, 1.82) is 0 Å². The van der Waals surface area contributed by atoms with E-state index in [-0.39, 0.29) is 81.6 Å². The molecule has 40 heteroatoms. The number of hydrogen-bond donors (Lipinski definition) is 12. The van der Waals surface area contributed by atoms with E-state index in [1.54, 1.807) is 9.55 Å². The van der Waals surface area contributed by atoms with Crippen LogP contribution in [-0.2, 0) is 0 Å². The van der Waals surface area contributed by atoms with Crippen LogP contribution in [0, 0.1) is 53.0 Å². The van der Waals surface area contributed by atoms with Crippen molar-refractivity contribution < 1.29 is 74.9 Å². The zero-order valence-electron chi connectivity index (χ0n) is 49.7. The lowest BCUT2D eigenvalue weighted by molar-refractivity contribution is -0.0613. The van der Waals surface area contributed by atoms with Gasteiger partial charge in [0, 0.05) is 99.8 Å². The highest BCUT2D eigenvalue weighted by Gasteiger charge is 2.47. The van der Waals surface area contributed by atoms with Gasteiger partial charge in [-0.25, -0.2) is 74.2 Å². The number of hydrogen-bond acceptors (Lipinski definition) is 24. The van der Waals surface area contributed by atoms with Crippen LogP contribution in [0.15, 0.2) is 84.5 Å². The molecule has 16 N–H and O–H groups in total. The minimum absolute atomic E-state index is 0.124. The molecule has 6 fully saturated rings. The number of imidazole rings is 1. The largest absolute Gasteiger partial charge is 0.457 e. The molecule has 7 heterocycles. The minimum Gasteiger partial charge on any atom is -0.457 e. The Morgan fingerprint density at radius 3 is 1.42 bits per heavy atom. The van der Waals surface area contributed by atoms with Gasteiger partial charge in [0.2, 0.25) is 5.82 Å². The van der Waals surface area contributed by atoms with E-state index < -0.39 is 148 Å². The van der Waals surface area contributed by atoms with Crippen molar-refractivity contribution in [3.8, 4) is 6.01 Å². The highest BCUT2D eigenvalue weighted by Crippen LogP contribution is 2.44. The summed E-state index contributed by atoms with van der Waals surface area (Å²) >= 11 is 0. The van der Waals surface area contributed by atoms with Gasteiger partial charge in [-0.3, -0.25) is 37.8 Å². The Labute approximate surface area is 527 Å². The first-order chi connectivity index (χ1) is 45.2. The molecule has 6 aliphatic carbocycles. The Morgan fingerprint density at radius 1 is 0.474 bits per heavy atom. The van der Waals surface area contributed by atoms with Crippen LogP contribution in [0.5, 0.6) is 6.01 Å². The maximum Gasteiger partial charge on any atom is 0.350 e. The standard InChI is InChI=1S/C10H12FN5O.2C9H11F2N3O2.C9H10F2N2O3.C9H12FN3O2.C9H11FN2O3/c11-7-5(2-17)1-6(7)16-4-15-8-9(12)13-3-14-10(8)16;10-5-2-14(9(16)13-8(5)12)6-1-4(3-15)7(6)11;10-5-2-13-9(14-8(5)12)16-6-1-4(3-15)7(6)11;10-5-2-13(9(16)12-8(5)15)6-1-4(3-14)7(6)11;10-8-5(4-14)3-6(8)13-2-1-7(11)12-9(13)15;10-8-5(4-13)3-6(8)12-2-1-7(14)11-9(12)15/h3-7,17H,1-2H2,(H2,12,13,14);2,4,6-7,15H,1,3H2,(H2,12,13,16);2,4,6-7,15H,1,3H2,(H2,12,13,14);2,4,6-7,14H,1,3H2,(H,12,15,16);1-2,5-6,8,14H,3-4H2,(H2,11,12,15);1-2,5-6,8,13H,3-4H2,(H,11,14,15)/t5-,6-,7?;3*4-,6-,7?;2*5-,6-,8?/m111111/s1. The summed E-state index contributed by atoms with van der Waals surface area (Å²) in [6.07, 6.45) is 2.26. The van der Waals surface area contributed by atoms with Gasteiger partial charge < -0.3 is 62.9 Å². The molecule has 0 saturated heterocycles. The number of fused-ring (bicyclic) bond motifs is 1. The van der Waals surface area contributed by atoms with Crippen LogP contribution in [0.2, 0.25) is 0 Å². The van der Waals surface area contributed by atoms with Crippen molar-refractivity contribution in [1.82, 2.24) is 67.7 Å². The lowest BCUT2D eigenvalue weighted by Gasteiger charge is -2.39. The van der Waals surface area contributed by atoms with Gasteiger partial charge in [-0.1, -0.05) is 0 Å². The van der Waals surface area contributed by atoms with Crippen LogP contribution in [0.4, 0.5) is 62.8 Å². The molecule has 518 valence electrons. The van der Waals surface area contributed by atoms with E-state index in [0.717, 1.165) is 26.1 Å². The second-order valence-electron chi connectivity index (χ2n) is 23.1. The number of aliphatic hydroxyl groups is 6. The third-order valence-electron chi connectivity index (χ3n) is 17.3. The first-order valence-electron chi connectivity index (χ1n) is 29.3. The number of rotatable bonds is 13. The smallest absolute Gasteiger partial charge is 0.350 e. The summed E-state index contributed by atoms with van der Waals surface area (Å²) in [4.78, 5) is 96.4. The average molecular weight is 1360 g/mol. The molecule has 0 spiro atoms. The molecular formula is C55H67F9N18O13. The molecule has 18 atom stereocenters.